The molecule has 0 atom stereocenters. The third-order valence-electron chi connectivity index (χ3n) is 4.63. The van der Waals surface area contributed by atoms with Crippen molar-refractivity contribution < 1.29 is 22.9 Å². The lowest BCUT2D eigenvalue weighted by molar-refractivity contribution is -0.385. The number of thiophene rings is 1. The third kappa shape index (κ3) is 4.44. The van der Waals surface area contributed by atoms with E-state index >= 15 is 0 Å². The highest BCUT2D eigenvalue weighted by Gasteiger charge is 2.37. The second-order valence-corrected chi connectivity index (χ2v) is 7.89. The van der Waals surface area contributed by atoms with Gasteiger partial charge in [0.1, 0.15) is 0 Å². The molecule has 28 heavy (non-hydrogen) atoms. The monoisotopic (exact) mass is 413 g/mol. The van der Waals surface area contributed by atoms with Gasteiger partial charge in [-0.25, -0.2) is 0 Å². The van der Waals surface area contributed by atoms with Crippen LogP contribution in [-0.2, 0) is 6.18 Å². The van der Waals surface area contributed by atoms with Gasteiger partial charge in [0.25, 0.3) is 11.6 Å². The number of rotatable bonds is 4. The first-order valence-electron chi connectivity index (χ1n) is 8.63. The van der Waals surface area contributed by atoms with Crippen LogP contribution in [0.4, 0.5) is 24.5 Å². The highest BCUT2D eigenvalue weighted by atomic mass is 32.1. The molecule has 1 amide bonds. The quantitative estimate of drug-likeness (QED) is 0.596. The summed E-state index contributed by atoms with van der Waals surface area (Å²) in [7, 11) is 0. The smallest absolute Gasteiger partial charge is 0.371 e. The number of nitrogens with zero attached hydrogens (tertiary/aromatic N) is 2. The van der Waals surface area contributed by atoms with E-state index in [1.54, 1.807) is 11.0 Å². The maximum atomic E-state index is 13.4. The number of amides is 1. The van der Waals surface area contributed by atoms with Gasteiger partial charge in [-0.15, -0.1) is 11.3 Å². The normalized spacial score (nSPS) is 15.5. The fraction of sp³-hybridized carbons (Fsp3) is 0.389. The van der Waals surface area contributed by atoms with Gasteiger partial charge < -0.3 is 10.2 Å². The summed E-state index contributed by atoms with van der Waals surface area (Å²) in [6.07, 6.45) is -3.71. The fourth-order valence-corrected chi connectivity index (χ4v) is 3.99. The van der Waals surface area contributed by atoms with Crippen LogP contribution >= 0.6 is 11.3 Å². The molecule has 3 rings (SSSR count). The van der Waals surface area contributed by atoms with Gasteiger partial charge >= 0.3 is 6.18 Å². The Hall–Kier alpha value is -2.62. The van der Waals surface area contributed by atoms with Gasteiger partial charge in [-0.1, -0.05) is 0 Å². The number of nitrogens with one attached hydrogen (secondary N) is 1. The van der Waals surface area contributed by atoms with E-state index in [0.29, 0.717) is 36.9 Å². The molecule has 6 nitrogen and oxygen atoms in total. The Morgan fingerprint density at radius 3 is 2.46 bits per heavy atom. The van der Waals surface area contributed by atoms with Crippen molar-refractivity contribution in [3.63, 3.8) is 0 Å². The number of carbonyl (C=O) groups is 1. The van der Waals surface area contributed by atoms with Gasteiger partial charge in [0, 0.05) is 41.8 Å². The number of benzene rings is 1. The zero-order valence-corrected chi connectivity index (χ0v) is 15.8. The molecule has 1 fully saturated rings. The first kappa shape index (κ1) is 20.1. The zero-order valence-electron chi connectivity index (χ0n) is 15.0. The summed E-state index contributed by atoms with van der Waals surface area (Å²) in [6.45, 7) is 2.53. The van der Waals surface area contributed by atoms with Crippen LogP contribution in [0.15, 0.2) is 30.3 Å². The molecule has 1 N–H and O–H groups in total. The summed E-state index contributed by atoms with van der Waals surface area (Å²) in [6, 6.07) is 6.28. The van der Waals surface area contributed by atoms with E-state index in [9.17, 15) is 28.1 Å². The van der Waals surface area contributed by atoms with Gasteiger partial charge in [-0.05, 0) is 38.0 Å². The van der Waals surface area contributed by atoms with E-state index in [1.807, 2.05) is 13.0 Å². The minimum Gasteiger partial charge on any atom is -0.371 e. The van der Waals surface area contributed by atoms with Crippen LogP contribution < -0.4 is 10.2 Å². The average Bonchev–Trinajstić information content (AvgIpc) is 3.08. The van der Waals surface area contributed by atoms with E-state index in [1.165, 1.54) is 11.3 Å². The number of nitro benzene ring substituents is 1. The molecular weight excluding hydrogens is 395 g/mol. The lowest BCUT2D eigenvalue weighted by atomic mass is 10.0. The van der Waals surface area contributed by atoms with Crippen molar-refractivity contribution >= 4 is 28.6 Å². The first-order valence-corrected chi connectivity index (χ1v) is 9.44. The average molecular weight is 413 g/mol. The molecule has 0 aliphatic carbocycles. The summed E-state index contributed by atoms with van der Waals surface area (Å²) in [5.74, 6) is -0.178. The molecule has 1 aromatic carbocycles. The number of nitro groups is 1. The van der Waals surface area contributed by atoms with Crippen molar-refractivity contribution in [2.24, 2.45) is 0 Å². The van der Waals surface area contributed by atoms with Gasteiger partial charge in [-0.3, -0.25) is 14.9 Å². The van der Waals surface area contributed by atoms with Crippen LogP contribution in [0.3, 0.4) is 0 Å². The van der Waals surface area contributed by atoms with Crippen LogP contribution in [0.2, 0.25) is 0 Å². The van der Waals surface area contributed by atoms with Crippen LogP contribution in [-0.4, -0.2) is 30.0 Å². The standard InChI is InChI=1S/C18H18F3N3O3S/c1-11-2-5-16(28-11)17(25)22-12-6-8-23(9-7-12)15-4-3-13(24(26)27)10-14(15)18(19,20)21/h2-5,10,12H,6-9H2,1H3,(H,22,25). The molecule has 1 aromatic heterocycles. The van der Waals surface area contributed by atoms with E-state index in [0.717, 1.165) is 17.0 Å². The van der Waals surface area contributed by atoms with Crippen molar-refractivity contribution in [1.82, 2.24) is 5.32 Å². The number of aryl methyl sites for hydroxylation is 1. The van der Waals surface area contributed by atoms with E-state index < -0.39 is 22.4 Å². The molecule has 10 heteroatoms. The van der Waals surface area contributed by atoms with Gasteiger partial charge in [0.05, 0.1) is 15.4 Å². The number of anilines is 1. The summed E-state index contributed by atoms with van der Waals surface area (Å²) in [4.78, 5) is 25.4. The molecule has 1 aliphatic rings. The number of piperidine rings is 1. The van der Waals surface area contributed by atoms with Crippen LogP contribution in [0, 0.1) is 17.0 Å². The molecule has 0 unspecified atom stereocenters. The van der Waals surface area contributed by atoms with Crippen LogP contribution in [0.5, 0.6) is 0 Å². The molecule has 0 saturated carbocycles. The highest BCUT2D eigenvalue weighted by Crippen LogP contribution is 2.39. The van der Waals surface area contributed by atoms with Crippen molar-refractivity contribution in [2.75, 3.05) is 18.0 Å². The van der Waals surface area contributed by atoms with Crippen molar-refractivity contribution in [3.8, 4) is 0 Å². The Labute approximate surface area is 163 Å². The van der Waals surface area contributed by atoms with Crippen LogP contribution in [0.1, 0.15) is 33.0 Å². The van der Waals surface area contributed by atoms with Gasteiger partial charge in [-0.2, -0.15) is 13.2 Å². The number of non-ortho nitro benzene ring substituents is 1. The van der Waals surface area contributed by atoms with Crippen molar-refractivity contribution in [2.45, 2.75) is 32.0 Å². The van der Waals surface area contributed by atoms with Crippen molar-refractivity contribution in [1.29, 1.82) is 0 Å². The zero-order chi connectivity index (χ0) is 20.5. The molecule has 1 saturated heterocycles. The lowest BCUT2D eigenvalue weighted by Gasteiger charge is -2.35. The largest absolute Gasteiger partial charge is 0.418 e. The number of hydrogen-bond acceptors (Lipinski definition) is 5. The Morgan fingerprint density at radius 2 is 1.93 bits per heavy atom. The maximum Gasteiger partial charge on any atom is 0.418 e. The van der Waals surface area contributed by atoms with Gasteiger partial charge in [0.15, 0.2) is 0 Å². The molecule has 150 valence electrons. The first-order chi connectivity index (χ1) is 13.1. The van der Waals surface area contributed by atoms with Gasteiger partial charge in [0.2, 0.25) is 0 Å². The number of carbonyl (C=O) groups excluding carboxylic acids is 1. The molecule has 2 aromatic rings. The minimum atomic E-state index is -4.69. The predicted octanol–water partition coefficient (Wildman–Crippen LogP) is 4.38. The lowest BCUT2D eigenvalue weighted by Crippen LogP contribution is -2.45. The fourth-order valence-electron chi connectivity index (χ4n) is 3.22. The summed E-state index contributed by atoms with van der Waals surface area (Å²) in [5.41, 5.74) is -1.68. The Morgan fingerprint density at radius 1 is 1.25 bits per heavy atom. The van der Waals surface area contributed by atoms with E-state index in [2.05, 4.69) is 5.32 Å². The van der Waals surface area contributed by atoms with Crippen LogP contribution in [0.25, 0.3) is 0 Å². The molecule has 0 spiro atoms. The summed E-state index contributed by atoms with van der Waals surface area (Å²) in [5, 5.41) is 13.7. The Kier molecular flexibility index (Phi) is 5.59. The van der Waals surface area contributed by atoms with E-state index in [-0.39, 0.29) is 17.6 Å². The molecule has 0 bridgehead atoms. The highest BCUT2D eigenvalue weighted by molar-refractivity contribution is 7.13. The SMILES string of the molecule is Cc1ccc(C(=O)NC2CCN(c3ccc([N+](=O)[O-])cc3C(F)(F)F)CC2)s1. The second kappa shape index (κ2) is 7.78. The molecule has 0 radical (unpaired) electrons. The Balaban J connectivity index is 1.69. The number of alkyl halides is 3. The van der Waals surface area contributed by atoms with Crippen molar-refractivity contribution in [3.05, 3.63) is 55.8 Å². The molecule has 1 aliphatic heterocycles. The predicted molar refractivity (Wildman–Crippen MR) is 99.9 cm³/mol. The number of hydrogen-bond donors (Lipinski definition) is 1. The minimum absolute atomic E-state index is 0.0724. The third-order valence-corrected chi connectivity index (χ3v) is 5.63. The second-order valence-electron chi connectivity index (χ2n) is 6.60. The topological polar surface area (TPSA) is 75.5 Å². The summed E-state index contributed by atoms with van der Waals surface area (Å²) >= 11 is 1.39. The number of halogens is 3. The maximum absolute atomic E-state index is 13.4. The Bertz CT molecular complexity index is 890. The van der Waals surface area contributed by atoms with E-state index in [4.69, 9.17) is 0 Å². The summed E-state index contributed by atoms with van der Waals surface area (Å²) < 4.78 is 40.1. The molecule has 2 heterocycles. The molecular formula is C18H18F3N3O3S.